The zero-order valence-electron chi connectivity index (χ0n) is 13.6. The molecular formula is C17H13Cl3N2O3. The summed E-state index contributed by atoms with van der Waals surface area (Å²) in [6, 6.07) is 4.86. The quantitative estimate of drug-likeness (QED) is 0.360. The highest BCUT2D eigenvalue weighted by atomic mass is 35.5. The molecule has 0 N–H and O–H groups in total. The number of hydrogen-bond acceptors (Lipinski definition) is 4. The molecule has 8 heteroatoms. The molecule has 0 saturated carbocycles. The van der Waals surface area contributed by atoms with Gasteiger partial charge in [0, 0.05) is 30.6 Å². The highest BCUT2D eigenvalue weighted by Gasteiger charge is 2.26. The third-order valence-electron chi connectivity index (χ3n) is 3.94. The SMILES string of the molecule is COc1cc(OC)c(Cl)c(-c2cc3cnc(Cl)cc3c(C)[n+]2[O-])c1Cl. The van der Waals surface area contributed by atoms with Crippen molar-refractivity contribution in [1.29, 1.82) is 0 Å². The monoisotopic (exact) mass is 398 g/mol. The topological polar surface area (TPSA) is 58.3 Å². The molecule has 0 radical (unpaired) electrons. The van der Waals surface area contributed by atoms with Crippen LogP contribution in [-0.2, 0) is 0 Å². The molecule has 0 spiro atoms. The van der Waals surface area contributed by atoms with Crippen molar-refractivity contribution >= 4 is 45.6 Å². The van der Waals surface area contributed by atoms with Crippen LogP contribution in [0, 0.1) is 12.1 Å². The van der Waals surface area contributed by atoms with E-state index in [-0.39, 0.29) is 15.7 Å². The van der Waals surface area contributed by atoms with Gasteiger partial charge in [-0.3, -0.25) is 0 Å². The number of methoxy groups -OCH3 is 2. The molecule has 5 nitrogen and oxygen atoms in total. The molecule has 0 atom stereocenters. The van der Waals surface area contributed by atoms with Gasteiger partial charge in [0.15, 0.2) is 5.69 Å². The van der Waals surface area contributed by atoms with Crippen LogP contribution in [-0.4, -0.2) is 19.2 Å². The maximum Gasteiger partial charge on any atom is 0.227 e. The molecule has 3 aromatic rings. The molecule has 3 rings (SSSR count). The number of halogens is 3. The van der Waals surface area contributed by atoms with E-state index in [0.29, 0.717) is 33.3 Å². The number of pyridine rings is 2. The van der Waals surface area contributed by atoms with Crippen molar-refractivity contribution in [3.8, 4) is 22.8 Å². The van der Waals surface area contributed by atoms with E-state index in [9.17, 15) is 5.21 Å². The Bertz CT molecular complexity index is 965. The Morgan fingerprint density at radius 2 is 1.60 bits per heavy atom. The number of benzene rings is 1. The maximum atomic E-state index is 12.9. The van der Waals surface area contributed by atoms with E-state index in [4.69, 9.17) is 44.3 Å². The molecule has 0 aliphatic heterocycles. The highest BCUT2D eigenvalue weighted by Crippen LogP contribution is 2.45. The van der Waals surface area contributed by atoms with E-state index in [2.05, 4.69) is 4.98 Å². The van der Waals surface area contributed by atoms with Gasteiger partial charge in [-0.05, 0) is 6.07 Å². The fourth-order valence-corrected chi connectivity index (χ4v) is 3.50. The molecule has 0 fully saturated rings. The molecule has 0 aliphatic carbocycles. The zero-order chi connectivity index (χ0) is 18.3. The third-order valence-corrected chi connectivity index (χ3v) is 4.89. The van der Waals surface area contributed by atoms with Gasteiger partial charge in [-0.2, -0.15) is 4.73 Å². The fraction of sp³-hybridized carbons (Fsp3) is 0.176. The second-order valence-electron chi connectivity index (χ2n) is 5.29. The van der Waals surface area contributed by atoms with Crippen molar-refractivity contribution in [2.75, 3.05) is 14.2 Å². The predicted octanol–water partition coefficient (Wildman–Crippen LogP) is 4.82. The minimum atomic E-state index is 0.221. The van der Waals surface area contributed by atoms with Gasteiger partial charge >= 0.3 is 0 Å². The largest absolute Gasteiger partial charge is 0.618 e. The average molecular weight is 400 g/mol. The van der Waals surface area contributed by atoms with Crippen LogP contribution < -0.4 is 14.2 Å². The van der Waals surface area contributed by atoms with E-state index in [0.717, 1.165) is 10.1 Å². The van der Waals surface area contributed by atoms with Crippen molar-refractivity contribution in [1.82, 2.24) is 4.98 Å². The molecule has 130 valence electrons. The number of fused-ring (bicyclic) bond motifs is 1. The highest BCUT2D eigenvalue weighted by molar-refractivity contribution is 6.41. The normalized spacial score (nSPS) is 11.0. The lowest BCUT2D eigenvalue weighted by Gasteiger charge is -2.16. The number of aromatic nitrogens is 2. The summed E-state index contributed by atoms with van der Waals surface area (Å²) < 4.78 is 11.3. The molecule has 0 saturated heterocycles. The van der Waals surface area contributed by atoms with E-state index >= 15 is 0 Å². The van der Waals surface area contributed by atoms with E-state index in [1.165, 1.54) is 14.2 Å². The summed E-state index contributed by atoms with van der Waals surface area (Å²) in [5.74, 6) is 0.704. The van der Waals surface area contributed by atoms with Gasteiger partial charge in [0.25, 0.3) is 0 Å². The molecule has 0 aliphatic rings. The second-order valence-corrected chi connectivity index (χ2v) is 6.43. The minimum absolute atomic E-state index is 0.221. The van der Waals surface area contributed by atoms with Crippen LogP contribution in [0.3, 0.4) is 0 Å². The molecule has 2 heterocycles. The van der Waals surface area contributed by atoms with Gasteiger partial charge in [-0.15, -0.1) is 0 Å². The van der Waals surface area contributed by atoms with E-state index in [1.54, 1.807) is 31.3 Å². The van der Waals surface area contributed by atoms with Crippen LogP contribution in [0.5, 0.6) is 11.5 Å². The van der Waals surface area contributed by atoms with E-state index in [1.807, 2.05) is 0 Å². The smallest absolute Gasteiger partial charge is 0.227 e. The maximum absolute atomic E-state index is 12.9. The van der Waals surface area contributed by atoms with Gasteiger partial charge in [0.2, 0.25) is 5.69 Å². The number of rotatable bonds is 3. The van der Waals surface area contributed by atoms with Crippen LogP contribution in [0.15, 0.2) is 24.4 Å². The Balaban J connectivity index is 2.41. The standard InChI is InChI=1S/C17H13Cl3N2O3/c1-8-10-5-14(18)21-7-9(10)4-11(22(8)23)15-16(19)12(24-2)6-13(25-3)17(15)20/h4-7H,1-3H3. The second kappa shape index (κ2) is 6.75. The average Bonchev–Trinajstić information content (AvgIpc) is 2.60. The number of nitrogens with zero attached hydrogens (tertiary/aromatic N) is 2. The van der Waals surface area contributed by atoms with Gasteiger partial charge in [-0.1, -0.05) is 34.8 Å². The van der Waals surface area contributed by atoms with Crippen LogP contribution in [0.2, 0.25) is 15.2 Å². The summed E-state index contributed by atoms with van der Waals surface area (Å²) >= 11 is 18.8. The molecule has 1 aromatic carbocycles. The van der Waals surface area contributed by atoms with Crippen LogP contribution in [0.4, 0.5) is 0 Å². The van der Waals surface area contributed by atoms with E-state index < -0.39 is 0 Å². The van der Waals surface area contributed by atoms with Gasteiger partial charge < -0.3 is 14.7 Å². The lowest BCUT2D eigenvalue weighted by molar-refractivity contribution is -0.599. The lowest BCUT2D eigenvalue weighted by Crippen LogP contribution is -2.33. The Labute approximate surface area is 159 Å². The van der Waals surface area contributed by atoms with Gasteiger partial charge in [-0.25, -0.2) is 4.98 Å². The van der Waals surface area contributed by atoms with Gasteiger partial charge in [0.05, 0.1) is 35.2 Å². The zero-order valence-corrected chi connectivity index (χ0v) is 15.8. The fourth-order valence-electron chi connectivity index (χ4n) is 2.65. The first kappa shape index (κ1) is 17.9. The Kier molecular flexibility index (Phi) is 4.82. The number of aryl methyl sites for hydroxylation is 1. The Hall–Kier alpha value is -1.95. The molecule has 0 unspecified atom stereocenters. The van der Waals surface area contributed by atoms with Crippen molar-refractivity contribution in [2.45, 2.75) is 6.92 Å². The van der Waals surface area contributed by atoms with Crippen LogP contribution >= 0.6 is 34.8 Å². The summed E-state index contributed by atoms with van der Waals surface area (Å²) in [5, 5.41) is 15.0. The van der Waals surface area contributed by atoms with Crippen molar-refractivity contribution in [3.63, 3.8) is 0 Å². The predicted molar refractivity (Wildman–Crippen MR) is 99.0 cm³/mol. The molecular weight excluding hydrogens is 387 g/mol. The van der Waals surface area contributed by atoms with Gasteiger partial charge in [0.1, 0.15) is 16.7 Å². The Morgan fingerprint density at radius 3 is 2.16 bits per heavy atom. The molecule has 0 bridgehead atoms. The van der Waals surface area contributed by atoms with Crippen LogP contribution in [0.25, 0.3) is 22.0 Å². The Morgan fingerprint density at radius 1 is 1.00 bits per heavy atom. The summed E-state index contributed by atoms with van der Waals surface area (Å²) in [5.41, 5.74) is 1.04. The summed E-state index contributed by atoms with van der Waals surface area (Å²) in [7, 11) is 2.95. The first-order valence-electron chi connectivity index (χ1n) is 7.17. The number of hydrogen-bond donors (Lipinski definition) is 0. The van der Waals surface area contributed by atoms with Crippen molar-refractivity contribution < 1.29 is 14.2 Å². The minimum Gasteiger partial charge on any atom is -0.618 e. The lowest BCUT2D eigenvalue weighted by atomic mass is 10.1. The number of ether oxygens (including phenoxy) is 2. The summed E-state index contributed by atoms with van der Waals surface area (Å²) in [4.78, 5) is 4.06. The molecule has 2 aromatic heterocycles. The van der Waals surface area contributed by atoms with Crippen LogP contribution in [0.1, 0.15) is 5.69 Å². The first-order valence-corrected chi connectivity index (χ1v) is 8.31. The first-order chi connectivity index (χ1) is 11.9. The molecule has 0 amide bonds. The third kappa shape index (κ3) is 2.92. The summed E-state index contributed by atoms with van der Waals surface area (Å²) in [6.07, 6.45) is 1.59. The van der Waals surface area contributed by atoms with Crippen molar-refractivity contribution in [2.24, 2.45) is 0 Å². The summed E-state index contributed by atoms with van der Waals surface area (Å²) in [6.45, 7) is 1.69. The van der Waals surface area contributed by atoms with Crippen molar-refractivity contribution in [3.05, 3.63) is 50.5 Å². The molecule has 25 heavy (non-hydrogen) atoms.